The number of carbonyl (C=O) groups is 4. The number of aryl methyl sites for hydroxylation is 1. The third kappa shape index (κ3) is 11.9. The van der Waals surface area contributed by atoms with Crippen molar-refractivity contribution in [3.63, 3.8) is 0 Å². The lowest BCUT2D eigenvalue weighted by molar-refractivity contribution is -0.130. The molecule has 0 aliphatic carbocycles. The third-order valence-electron chi connectivity index (χ3n) is 8.40. The molecule has 2 aromatic carbocycles. The minimum atomic E-state index is -3.74. The van der Waals surface area contributed by atoms with Crippen LogP contribution in [0.5, 0.6) is 0 Å². The SMILES string of the molecule is CCNC(=O)[C@@H](NC(=O)[C@H](C)NC[C@H](Cc1ccccc1)NC(=O)c1cc(C(=O)NC(C)c2ccn(CC)n2)cc(N(C)S(C)(=O)=O)c1)C(C)C. The van der Waals surface area contributed by atoms with Crippen molar-refractivity contribution in [3.8, 4) is 0 Å². The molecule has 0 spiro atoms. The summed E-state index contributed by atoms with van der Waals surface area (Å²) in [4.78, 5) is 53.0. The Kier molecular flexibility index (Phi) is 14.7. The number of aromatic nitrogens is 2. The average molecular weight is 725 g/mol. The highest BCUT2D eigenvalue weighted by atomic mass is 32.2. The van der Waals surface area contributed by atoms with Crippen LogP contribution in [0.25, 0.3) is 0 Å². The molecule has 1 heterocycles. The zero-order chi connectivity index (χ0) is 37.9. The van der Waals surface area contributed by atoms with Crippen molar-refractivity contribution in [1.82, 2.24) is 36.4 Å². The summed E-state index contributed by atoms with van der Waals surface area (Å²) in [5.41, 5.74) is 1.87. The van der Waals surface area contributed by atoms with E-state index in [9.17, 15) is 27.6 Å². The molecule has 0 fully saturated rings. The summed E-state index contributed by atoms with van der Waals surface area (Å²) in [6.45, 7) is 12.2. The number of likely N-dealkylation sites (N-methyl/N-ethyl adjacent to an activating group) is 1. The van der Waals surface area contributed by atoms with Gasteiger partial charge in [0.15, 0.2) is 0 Å². The molecule has 15 heteroatoms. The number of rotatable bonds is 18. The molecule has 4 amide bonds. The summed E-state index contributed by atoms with van der Waals surface area (Å²) >= 11 is 0. The zero-order valence-corrected chi connectivity index (χ0v) is 31.5. The maximum Gasteiger partial charge on any atom is 0.251 e. The summed E-state index contributed by atoms with van der Waals surface area (Å²) in [5.74, 6) is -1.82. The highest BCUT2D eigenvalue weighted by molar-refractivity contribution is 7.92. The number of nitrogens with zero attached hydrogens (tertiary/aromatic N) is 3. The lowest BCUT2D eigenvalue weighted by Crippen LogP contribution is -2.55. The third-order valence-corrected chi connectivity index (χ3v) is 9.61. The molecule has 3 aromatic rings. The maximum atomic E-state index is 13.9. The Morgan fingerprint density at radius 1 is 0.863 bits per heavy atom. The van der Waals surface area contributed by atoms with E-state index in [-0.39, 0.29) is 41.1 Å². The molecule has 0 saturated carbocycles. The minimum Gasteiger partial charge on any atom is -0.355 e. The quantitative estimate of drug-likeness (QED) is 0.133. The molecule has 14 nitrogen and oxygen atoms in total. The van der Waals surface area contributed by atoms with Gasteiger partial charge in [-0.2, -0.15) is 5.10 Å². The predicted octanol–water partition coefficient (Wildman–Crippen LogP) is 2.39. The van der Waals surface area contributed by atoms with Gasteiger partial charge in [-0.15, -0.1) is 0 Å². The molecule has 0 radical (unpaired) electrons. The van der Waals surface area contributed by atoms with Crippen molar-refractivity contribution < 1.29 is 27.6 Å². The van der Waals surface area contributed by atoms with Gasteiger partial charge in [0.2, 0.25) is 21.8 Å². The van der Waals surface area contributed by atoms with Crippen LogP contribution in [0.3, 0.4) is 0 Å². The second-order valence-corrected chi connectivity index (χ2v) is 14.9. The first kappa shape index (κ1) is 40.7. The van der Waals surface area contributed by atoms with E-state index in [0.29, 0.717) is 25.2 Å². The Balaban J connectivity index is 1.86. The van der Waals surface area contributed by atoms with E-state index in [1.165, 1.54) is 25.2 Å². The number of sulfonamides is 1. The van der Waals surface area contributed by atoms with E-state index in [2.05, 4.69) is 31.7 Å². The number of hydrogen-bond donors (Lipinski definition) is 5. The van der Waals surface area contributed by atoms with Gasteiger partial charge in [0.25, 0.3) is 11.8 Å². The number of amides is 4. The Morgan fingerprint density at radius 2 is 1.49 bits per heavy atom. The monoisotopic (exact) mass is 724 g/mol. The lowest BCUT2D eigenvalue weighted by Gasteiger charge is -2.25. The van der Waals surface area contributed by atoms with Crippen LogP contribution in [0, 0.1) is 5.92 Å². The highest BCUT2D eigenvalue weighted by Crippen LogP contribution is 2.22. The molecule has 0 aliphatic rings. The molecule has 278 valence electrons. The van der Waals surface area contributed by atoms with Gasteiger partial charge in [-0.3, -0.25) is 28.2 Å². The molecule has 4 atom stereocenters. The molecular formula is C36H52N8O6S. The fourth-order valence-corrected chi connectivity index (χ4v) is 5.72. The van der Waals surface area contributed by atoms with Crippen LogP contribution in [-0.4, -0.2) is 86.3 Å². The average Bonchev–Trinajstić information content (AvgIpc) is 3.58. The van der Waals surface area contributed by atoms with Crippen molar-refractivity contribution >= 4 is 39.3 Å². The largest absolute Gasteiger partial charge is 0.355 e. The molecule has 3 rings (SSSR count). The van der Waals surface area contributed by atoms with Gasteiger partial charge in [0.05, 0.1) is 29.7 Å². The number of carbonyl (C=O) groups excluding carboxylic acids is 4. The Bertz CT molecular complexity index is 1760. The standard InChI is InChI=1S/C36H52N8O6S/c1-9-37-36(48)32(23(3)4)41-33(45)25(6)38-22-29(18-26-14-12-11-13-15-26)40-35(47)28-19-27(20-30(21-28)43(7)51(8,49)50)34(46)39-24(5)31-16-17-44(10-2)42-31/h11-17,19-21,23-25,29,32,38H,9-10,18,22H2,1-8H3,(H,37,48)(H,39,46)(H,40,47)(H,41,45)/t24?,25-,29-,32-/m0/s1. The number of hydrogen-bond acceptors (Lipinski definition) is 8. The van der Waals surface area contributed by atoms with Crippen LogP contribution in [-0.2, 0) is 32.6 Å². The molecule has 0 saturated heterocycles. The van der Waals surface area contributed by atoms with Gasteiger partial charge < -0.3 is 26.6 Å². The van der Waals surface area contributed by atoms with Gasteiger partial charge >= 0.3 is 0 Å². The van der Waals surface area contributed by atoms with E-state index < -0.39 is 46.0 Å². The van der Waals surface area contributed by atoms with Crippen LogP contribution in [0.1, 0.15) is 79.6 Å². The molecule has 0 aliphatic heterocycles. The van der Waals surface area contributed by atoms with E-state index in [0.717, 1.165) is 16.1 Å². The van der Waals surface area contributed by atoms with E-state index >= 15 is 0 Å². The number of nitrogens with one attached hydrogen (secondary N) is 5. The lowest BCUT2D eigenvalue weighted by atomic mass is 10.0. The van der Waals surface area contributed by atoms with E-state index in [1.807, 2.05) is 64.2 Å². The summed E-state index contributed by atoms with van der Waals surface area (Å²) in [6.07, 6.45) is 3.24. The first-order valence-corrected chi connectivity index (χ1v) is 19.0. The molecule has 5 N–H and O–H groups in total. The van der Waals surface area contributed by atoms with Gasteiger partial charge in [-0.05, 0) is 69.9 Å². The zero-order valence-electron chi connectivity index (χ0n) is 30.7. The summed E-state index contributed by atoms with van der Waals surface area (Å²) in [6, 6.07) is 13.1. The molecule has 0 bridgehead atoms. The van der Waals surface area contributed by atoms with Gasteiger partial charge in [0, 0.05) is 50.0 Å². The van der Waals surface area contributed by atoms with Crippen molar-refractivity contribution in [2.45, 2.75) is 78.7 Å². The van der Waals surface area contributed by atoms with Crippen LogP contribution in [0.2, 0.25) is 0 Å². The maximum absolute atomic E-state index is 13.9. The van der Waals surface area contributed by atoms with Crippen LogP contribution in [0.15, 0.2) is 60.8 Å². The second-order valence-electron chi connectivity index (χ2n) is 12.9. The minimum absolute atomic E-state index is 0.0710. The smallest absolute Gasteiger partial charge is 0.251 e. The predicted molar refractivity (Wildman–Crippen MR) is 198 cm³/mol. The highest BCUT2D eigenvalue weighted by Gasteiger charge is 2.27. The molecule has 51 heavy (non-hydrogen) atoms. The van der Waals surface area contributed by atoms with Crippen molar-refractivity contribution in [2.24, 2.45) is 5.92 Å². The Labute approximate surface area is 301 Å². The van der Waals surface area contributed by atoms with Crippen molar-refractivity contribution in [1.29, 1.82) is 0 Å². The van der Waals surface area contributed by atoms with E-state index in [4.69, 9.17) is 0 Å². The Morgan fingerprint density at radius 3 is 2.04 bits per heavy atom. The van der Waals surface area contributed by atoms with Crippen molar-refractivity contribution in [3.05, 3.63) is 83.2 Å². The first-order valence-electron chi connectivity index (χ1n) is 17.1. The summed E-state index contributed by atoms with van der Waals surface area (Å²) < 4.78 is 27.7. The summed E-state index contributed by atoms with van der Waals surface area (Å²) in [5, 5.41) is 19.1. The van der Waals surface area contributed by atoms with Crippen molar-refractivity contribution in [2.75, 3.05) is 30.7 Å². The fourth-order valence-electron chi connectivity index (χ4n) is 5.24. The van der Waals surface area contributed by atoms with E-state index in [1.54, 1.807) is 24.6 Å². The summed E-state index contributed by atoms with van der Waals surface area (Å²) in [7, 11) is -2.39. The first-order chi connectivity index (χ1) is 24.0. The van der Waals surface area contributed by atoms with Crippen LogP contribution >= 0.6 is 0 Å². The van der Waals surface area contributed by atoms with Crippen LogP contribution in [0.4, 0.5) is 5.69 Å². The number of anilines is 1. The van der Waals surface area contributed by atoms with Gasteiger partial charge in [-0.1, -0.05) is 44.2 Å². The molecule has 1 unspecified atom stereocenters. The molecule has 1 aromatic heterocycles. The van der Waals surface area contributed by atoms with Crippen LogP contribution < -0.4 is 30.9 Å². The second kappa shape index (κ2) is 18.5. The fraction of sp³-hybridized carbons (Fsp3) is 0.472. The molecular weight excluding hydrogens is 673 g/mol. The normalized spacial score (nSPS) is 13.8. The number of benzene rings is 2. The topological polar surface area (TPSA) is 184 Å². The Hall–Kier alpha value is -4.76. The van der Waals surface area contributed by atoms with Gasteiger partial charge in [-0.25, -0.2) is 8.42 Å². The van der Waals surface area contributed by atoms with Gasteiger partial charge in [0.1, 0.15) is 6.04 Å².